The zero-order valence-corrected chi connectivity index (χ0v) is 8.49. The molecular formula is C10H19S. The van der Waals surface area contributed by atoms with Crippen LogP contribution in [0.15, 0.2) is 12.7 Å². The van der Waals surface area contributed by atoms with E-state index in [9.17, 15) is 0 Å². The van der Waals surface area contributed by atoms with E-state index in [1.54, 1.807) is 0 Å². The van der Waals surface area contributed by atoms with Gasteiger partial charge in [-0.2, -0.15) is 11.8 Å². The number of hydrogen-bond donors (Lipinski definition) is 0. The van der Waals surface area contributed by atoms with Gasteiger partial charge in [0.15, 0.2) is 0 Å². The Kier molecular flexibility index (Phi) is 8.26. The van der Waals surface area contributed by atoms with Crippen molar-refractivity contribution < 1.29 is 0 Å². The van der Waals surface area contributed by atoms with Crippen molar-refractivity contribution in [1.82, 2.24) is 0 Å². The van der Waals surface area contributed by atoms with Gasteiger partial charge in [0.1, 0.15) is 0 Å². The molecule has 0 aromatic heterocycles. The first-order valence-corrected chi connectivity index (χ1v) is 5.38. The van der Waals surface area contributed by atoms with Gasteiger partial charge < -0.3 is 0 Å². The number of rotatable bonds is 7. The number of allylic oxidation sites excluding steroid dienone is 1. The molecule has 0 aliphatic rings. The Balaban J connectivity index is 2.95. The molecule has 0 saturated heterocycles. The molecule has 0 heterocycles. The molecule has 0 N–H and O–H groups in total. The molecule has 1 heteroatoms. The maximum Gasteiger partial charge on any atom is 0.0135 e. The molecule has 1 unspecified atom stereocenters. The molecule has 65 valence electrons. The van der Waals surface area contributed by atoms with Crippen LogP contribution in [0.25, 0.3) is 0 Å². The minimum Gasteiger partial charge on any atom is -0.158 e. The summed E-state index contributed by atoms with van der Waals surface area (Å²) in [5, 5.41) is 0. The molecular weight excluding hydrogens is 152 g/mol. The van der Waals surface area contributed by atoms with Gasteiger partial charge in [-0.25, -0.2) is 0 Å². The lowest BCUT2D eigenvalue weighted by atomic mass is 10.1. The lowest BCUT2D eigenvalue weighted by Crippen LogP contribution is -1.89. The van der Waals surface area contributed by atoms with Crippen molar-refractivity contribution in [3.63, 3.8) is 0 Å². The molecule has 0 bridgehead atoms. The first-order valence-electron chi connectivity index (χ1n) is 4.33. The van der Waals surface area contributed by atoms with Crippen LogP contribution in [0.3, 0.4) is 0 Å². The quantitative estimate of drug-likeness (QED) is 0.413. The van der Waals surface area contributed by atoms with E-state index in [-0.39, 0.29) is 0 Å². The first kappa shape index (κ1) is 11.1. The van der Waals surface area contributed by atoms with Gasteiger partial charge in [0.25, 0.3) is 0 Å². The molecule has 11 heavy (non-hydrogen) atoms. The Labute approximate surface area is 75.5 Å². The van der Waals surface area contributed by atoms with Crippen LogP contribution in [-0.4, -0.2) is 5.75 Å². The van der Waals surface area contributed by atoms with E-state index < -0.39 is 0 Å². The monoisotopic (exact) mass is 171 g/mol. The van der Waals surface area contributed by atoms with Crippen LogP contribution in [0, 0.1) is 11.7 Å². The SMILES string of the molecule is C=CC(C)CCCCS[CH]C. The van der Waals surface area contributed by atoms with Crippen LogP contribution in [0.2, 0.25) is 0 Å². The van der Waals surface area contributed by atoms with Gasteiger partial charge >= 0.3 is 0 Å². The van der Waals surface area contributed by atoms with Crippen LogP contribution in [0.4, 0.5) is 0 Å². The standard InChI is InChI=1S/C10H19S/c1-4-10(3)8-6-7-9-11-5-2/h4-5,10H,1,6-9H2,2-3H3. The summed E-state index contributed by atoms with van der Waals surface area (Å²) < 4.78 is 0. The lowest BCUT2D eigenvalue weighted by molar-refractivity contribution is 0.602. The summed E-state index contributed by atoms with van der Waals surface area (Å²) in [7, 11) is 0. The zero-order chi connectivity index (χ0) is 8.53. The smallest absolute Gasteiger partial charge is 0.0135 e. The Morgan fingerprint density at radius 3 is 2.73 bits per heavy atom. The fourth-order valence-electron chi connectivity index (χ4n) is 0.887. The van der Waals surface area contributed by atoms with Gasteiger partial charge in [0.2, 0.25) is 0 Å². The Morgan fingerprint density at radius 2 is 2.18 bits per heavy atom. The third kappa shape index (κ3) is 7.99. The van der Waals surface area contributed by atoms with Crippen molar-refractivity contribution in [3.8, 4) is 0 Å². The van der Waals surface area contributed by atoms with Crippen LogP contribution in [0.1, 0.15) is 33.1 Å². The highest BCUT2D eigenvalue weighted by Gasteiger charge is 1.94. The van der Waals surface area contributed by atoms with Crippen LogP contribution < -0.4 is 0 Å². The van der Waals surface area contributed by atoms with Crippen molar-refractivity contribution in [2.45, 2.75) is 33.1 Å². The molecule has 0 fully saturated rings. The summed E-state index contributed by atoms with van der Waals surface area (Å²) in [6.45, 7) is 8.09. The van der Waals surface area contributed by atoms with Gasteiger partial charge in [-0.05, 0) is 24.5 Å². The van der Waals surface area contributed by atoms with Crippen molar-refractivity contribution >= 4 is 11.8 Å². The van der Waals surface area contributed by atoms with Crippen LogP contribution >= 0.6 is 11.8 Å². The molecule has 0 nitrogen and oxygen atoms in total. The molecule has 1 radical (unpaired) electrons. The van der Waals surface area contributed by atoms with Gasteiger partial charge in [-0.15, -0.1) is 6.58 Å². The topological polar surface area (TPSA) is 0 Å². The van der Waals surface area contributed by atoms with E-state index in [1.807, 2.05) is 17.8 Å². The van der Waals surface area contributed by atoms with E-state index in [1.165, 1.54) is 25.0 Å². The molecule has 1 atom stereocenters. The van der Waals surface area contributed by atoms with Crippen molar-refractivity contribution in [2.24, 2.45) is 5.92 Å². The van der Waals surface area contributed by atoms with Crippen LogP contribution in [-0.2, 0) is 0 Å². The largest absolute Gasteiger partial charge is 0.158 e. The highest BCUT2D eigenvalue weighted by molar-refractivity contribution is 8.01. The molecule has 0 saturated carbocycles. The lowest BCUT2D eigenvalue weighted by Gasteiger charge is -2.03. The number of thioether (sulfide) groups is 1. The normalized spacial score (nSPS) is 12.9. The average Bonchev–Trinajstić information content (AvgIpc) is 2.04. The van der Waals surface area contributed by atoms with E-state index in [0.717, 1.165) is 0 Å². The number of hydrogen-bond acceptors (Lipinski definition) is 1. The van der Waals surface area contributed by atoms with E-state index in [2.05, 4.69) is 26.2 Å². The van der Waals surface area contributed by atoms with Crippen molar-refractivity contribution in [2.75, 3.05) is 5.75 Å². The van der Waals surface area contributed by atoms with Crippen molar-refractivity contribution in [3.05, 3.63) is 18.4 Å². The Bertz CT molecular complexity index is 88.9. The average molecular weight is 171 g/mol. The minimum absolute atomic E-state index is 0.700. The maximum atomic E-state index is 3.76. The first-order chi connectivity index (χ1) is 5.31. The fourth-order valence-corrected chi connectivity index (χ4v) is 1.49. The minimum atomic E-state index is 0.700. The molecule has 0 amide bonds. The van der Waals surface area contributed by atoms with Gasteiger partial charge in [-0.3, -0.25) is 0 Å². The van der Waals surface area contributed by atoms with Gasteiger partial charge in [-0.1, -0.05) is 26.3 Å². The Hall–Kier alpha value is 0.0900. The number of unbranched alkanes of at least 4 members (excludes halogenated alkanes) is 1. The third-order valence-corrected chi connectivity index (χ3v) is 2.60. The van der Waals surface area contributed by atoms with Gasteiger partial charge in [0.05, 0.1) is 0 Å². The molecule has 0 aliphatic heterocycles. The summed E-state index contributed by atoms with van der Waals surface area (Å²) >= 11 is 1.92. The Morgan fingerprint density at radius 1 is 1.45 bits per heavy atom. The second-order valence-corrected chi connectivity index (χ2v) is 4.03. The second-order valence-electron chi connectivity index (χ2n) is 2.82. The summed E-state index contributed by atoms with van der Waals surface area (Å²) in [6, 6.07) is 0. The van der Waals surface area contributed by atoms with Crippen LogP contribution in [0.5, 0.6) is 0 Å². The second kappa shape index (κ2) is 8.19. The predicted octanol–water partition coefficient (Wildman–Crippen LogP) is 3.89. The predicted molar refractivity (Wildman–Crippen MR) is 55.6 cm³/mol. The van der Waals surface area contributed by atoms with E-state index in [0.29, 0.717) is 5.92 Å². The summed E-state index contributed by atoms with van der Waals surface area (Å²) in [5.74, 6) is 4.14. The van der Waals surface area contributed by atoms with E-state index in [4.69, 9.17) is 0 Å². The van der Waals surface area contributed by atoms with Gasteiger partial charge in [0, 0.05) is 5.75 Å². The zero-order valence-electron chi connectivity index (χ0n) is 7.68. The highest BCUT2D eigenvalue weighted by Crippen LogP contribution is 2.12. The summed E-state index contributed by atoms with van der Waals surface area (Å²) in [6.07, 6.45) is 6.02. The molecule has 0 aliphatic carbocycles. The maximum absolute atomic E-state index is 3.76. The molecule has 0 spiro atoms. The summed E-state index contributed by atoms with van der Waals surface area (Å²) in [4.78, 5) is 0. The molecule has 0 aromatic rings. The highest BCUT2D eigenvalue weighted by atomic mass is 32.2. The fraction of sp³-hybridized carbons (Fsp3) is 0.700. The van der Waals surface area contributed by atoms with E-state index >= 15 is 0 Å². The third-order valence-electron chi connectivity index (χ3n) is 1.74. The van der Waals surface area contributed by atoms with Crippen molar-refractivity contribution in [1.29, 1.82) is 0 Å². The summed E-state index contributed by atoms with van der Waals surface area (Å²) in [5.41, 5.74) is 0. The molecule has 0 rings (SSSR count). The molecule has 0 aromatic carbocycles.